The van der Waals surface area contributed by atoms with E-state index in [9.17, 15) is 0 Å². The van der Waals surface area contributed by atoms with Crippen LogP contribution >= 0.6 is 50.7 Å². The molecule has 0 unspecified atom stereocenters. The summed E-state index contributed by atoms with van der Waals surface area (Å²) in [4.78, 5) is -0.0175. The standard InChI is InChI=1S/C10H14BrCl3/c1-9(3-4-12)6-10(2,14)8(13)5-7(9)11/h3-4,7-8H,5-6H2,1-2H3/b4-3+/t7-,8+,9+,10-/m0/s1. The largest absolute Gasteiger partial charge is 0.121 e. The predicted molar refractivity (Wildman–Crippen MR) is 68.9 cm³/mol. The lowest BCUT2D eigenvalue weighted by atomic mass is 9.71. The number of halogens is 4. The van der Waals surface area contributed by atoms with Crippen LogP contribution in [-0.4, -0.2) is 15.1 Å². The average molecular weight is 320 g/mol. The van der Waals surface area contributed by atoms with Crippen molar-refractivity contribution in [2.75, 3.05) is 0 Å². The lowest BCUT2D eigenvalue weighted by Gasteiger charge is -2.46. The van der Waals surface area contributed by atoms with Crippen molar-refractivity contribution in [3.8, 4) is 0 Å². The van der Waals surface area contributed by atoms with Gasteiger partial charge in [0.05, 0.1) is 10.3 Å². The normalized spacial score (nSPS) is 49.9. The molecule has 1 aliphatic carbocycles. The lowest BCUT2D eigenvalue weighted by molar-refractivity contribution is 0.260. The molecule has 1 rings (SSSR count). The van der Waals surface area contributed by atoms with Gasteiger partial charge >= 0.3 is 0 Å². The molecule has 0 saturated heterocycles. The Balaban J connectivity index is 2.89. The molecule has 0 aromatic carbocycles. The van der Waals surface area contributed by atoms with Gasteiger partial charge in [-0.3, -0.25) is 0 Å². The molecule has 0 heterocycles. The van der Waals surface area contributed by atoms with Crippen LogP contribution in [0.5, 0.6) is 0 Å². The third kappa shape index (κ3) is 2.61. The maximum atomic E-state index is 6.38. The molecule has 1 aliphatic rings. The number of allylic oxidation sites excluding steroid dienone is 1. The second-order valence-corrected chi connectivity index (χ2v) is 7.17. The number of hydrogen-bond donors (Lipinski definition) is 0. The summed E-state index contributed by atoms with van der Waals surface area (Å²) >= 11 is 21.9. The van der Waals surface area contributed by atoms with E-state index in [0.717, 1.165) is 12.8 Å². The molecule has 0 aliphatic heterocycles. The van der Waals surface area contributed by atoms with Gasteiger partial charge in [-0.15, -0.1) is 23.2 Å². The van der Waals surface area contributed by atoms with Crippen LogP contribution in [0.25, 0.3) is 0 Å². The topological polar surface area (TPSA) is 0 Å². The third-order valence-electron chi connectivity index (χ3n) is 2.95. The molecule has 0 radical (unpaired) electrons. The van der Waals surface area contributed by atoms with Gasteiger partial charge in [0.25, 0.3) is 0 Å². The Morgan fingerprint density at radius 3 is 2.50 bits per heavy atom. The van der Waals surface area contributed by atoms with Crippen molar-refractivity contribution in [3.63, 3.8) is 0 Å². The van der Waals surface area contributed by atoms with Crippen molar-refractivity contribution in [3.05, 3.63) is 11.6 Å². The van der Waals surface area contributed by atoms with Crippen LogP contribution in [-0.2, 0) is 0 Å². The Hall–Kier alpha value is 1.09. The Morgan fingerprint density at radius 2 is 2.00 bits per heavy atom. The van der Waals surface area contributed by atoms with Crippen molar-refractivity contribution in [1.29, 1.82) is 0 Å². The summed E-state index contributed by atoms with van der Waals surface area (Å²) in [6.45, 7) is 4.14. The summed E-state index contributed by atoms with van der Waals surface area (Å²) in [5.74, 6) is 0. The summed E-state index contributed by atoms with van der Waals surface area (Å²) < 4.78 is 0. The van der Waals surface area contributed by atoms with E-state index in [-0.39, 0.29) is 15.7 Å². The van der Waals surface area contributed by atoms with Crippen LogP contribution in [0.4, 0.5) is 0 Å². The summed E-state index contributed by atoms with van der Waals surface area (Å²) in [7, 11) is 0. The first kappa shape index (κ1) is 13.2. The highest BCUT2D eigenvalue weighted by atomic mass is 79.9. The second kappa shape index (κ2) is 4.53. The fourth-order valence-corrected chi connectivity index (χ4v) is 3.79. The molecule has 0 amide bonds. The van der Waals surface area contributed by atoms with Gasteiger partial charge in [-0.05, 0) is 19.8 Å². The summed E-state index contributed by atoms with van der Waals surface area (Å²) in [6.07, 6.45) is 3.69. The molecule has 0 bridgehead atoms. The second-order valence-electron chi connectivity index (χ2n) is 4.42. The van der Waals surface area contributed by atoms with E-state index in [1.807, 2.05) is 13.0 Å². The monoisotopic (exact) mass is 318 g/mol. The molecular weight excluding hydrogens is 306 g/mol. The molecule has 14 heavy (non-hydrogen) atoms. The van der Waals surface area contributed by atoms with Crippen LogP contribution < -0.4 is 0 Å². The molecule has 1 fully saturated rings. The zero-order chi connectivity index (χ0) is 11.0. The molecule has 0 aromatic rings. The SMILES string of the molecule is C[C@]1(Cl)C[C@@](C)(/C=C/Cl)[C@@H](Br)C[C@H]1Cl. The zero-order valence-corrected chi connectivity index (χ0v) is 12.1. The molecule has 0 spiro atoms. The smallest absolute Gasteiger partial charge is 0.0590 e. The van der Waals surface area contributed by atoms with Crippen molar-refractivity contribution in [1.82, 2.24) is 0 Å². The quantitative estimate of drug-likeness (QED) is 0.602. The molecule has 0 nitrogen and oxygen atoms in total. The molecule has 4 heteroatoms. The fraction of sp³-hybridized carbons (Fsp3) is 0.800. The lowest BCUT2D eigenvalue weighted by Crippen LogP contribution is -2.46. The Bertz CT molecular complexity index is 240. The first-order chi connectivity index (χ1) is 6.32. The molecule has 1 saturated carbocycles. The number of rotatable bonds is 1. The fourth-order valence-electron chi connectivity index (χ4n) is 1.97. The summed E-state index contributed by atoms with van der Waals surface area (Å²) in [5, 5.41) is 0.00495. The predicted octanol–water partition coefficient (Wildman–Crippen LogP) is 4.91. The van der Waals surface area contributed by atoms with Crippen LogP contribution in [0.1, 0.15) is 26.7 Å². The molecule has 4 atom stereocenters. The Morgan fingerprint density at radius 1 is 1.43 bits per heavy atom. The minimum absolute atomic E-state index is 0.00495. The van der Waals surface area contributed by atoms with E-state index < -0.39 is 0 Å². The van der Waals surface area contributed by atoms with Crippen molar-refractivity contribution in [2.45, 2.75) is 41.8 Å². The van der Waals surface area contributed by atoms with Crippen LogP contribution in [0.2, 0.25) is 0 Å². The van der Waals surface area contributed by atoms with Crippen LogP contribution in [0, 0.1) is 5.41 Å². The summed E-state index contributed by atoms with van der Waals surface area (Å²) in [6, 6.07) is 0. The van der Waals surface area contributed by atoms with Gasteiger partial charge in [-0.2, -0.15) is 0 Å². The third-order valence-corrected chi connectivity index (χ3v) is 5.67. The minimum Gasteiger partial charge on any atom is -0.121 e. The molecule has 0 N–H and O–H groups in total. The first-order valence-corrected chi connectivity index (χ1v) is 6.73. The van der Waals surface area contributed by atoms with E-state index in [1.165, 1.54) is 0 Å². The van der Waals surface area contributed by atoms with E-state index >= 15 is 0 Å². The average Bonchev–Trinajstić information content (AvgIpc) is 2.01. The minimum atomic E-state index is -0.350. The Labute approximate surface area is 109 Å². The highest BCUT2D eigenvalue weighted by Crippen LogP contribution is 2.50. The van der Waals surface area contributed by atoms with E-state index in [4.69, 9.17) is 34.8 Å². The van der Waals surface area contributed by atoms with Gasteiger partial charge in [-0.25, -0.2) is 0 Å². The van der Waals surface area contributed by atoms with Crippen molar-refractivity contribution >= 4 is 50.7 Å². The van der Waals surface area contributed by atoms with Gasteiger partial charge in [0.15, 0.2) is 0 Å². The first-order valence-electron chi connectivity index (χ1n) is 4.57. The number of alkyl halides is 3. The van der Waals surface area contributed by atoms with Crippen LogP contribution in [0.15, 0.2) is 11.6 Å². The summed E-state index contributed by atoms with van der Waals surface area (Å²) in [5.41, 5.74) is 1.55. The van der Waals surface area contributed by atoms with Gasteiger partial charge in [-0.1, -0.05) is 40.5 Å². The molecule has 0 aromatic heterocycles. The van der Waals surface area contributed by atoms with Gasteiger partial charge in [0.1, 0.15) is 0 Å². The molecular formula is C10H14BrCl3. The number of hydrogen-bond acceptors (Lipinski definition) is 0. The highest BCUT2D eigenvalue weighted by molar-refractivity contribution is 9.09. The van der Waals surface area contributed by atoms with E-state index in [0.29, 0.717) is 4.83 Å². The van der Waals surface area contributed by atoms with Gasteiger partial charge in [0, 0.05) is 15.8 Å². The Kier molecular flexibility index (Phi) is 4.26. The molecule has 82 valence electrons. The van der Waals surface area contributed by atoms with Gasteiger partial charge < -0.3 is 0 Å². The van der Waals surface area contributed by atoms with Gasteiger partial charge in [0.2, 0.25) is 0 Å². The zero-order valence-electron chi connectivity index (χ0n) is 8.24. The maximum Gasteiger partial charge on any atom is 0.0590 e. The van der Waals surface area contributed by atoms with Crippen LogP contribution in [0.3, 0.4) is 0 Å². The van der Waals surface area contributed by atoms with Crippen molar-refractivity contribution < 1.29 is 0 Å². The van der Waals surface area contributed by atoms with E-state index in [2.05, 4.69) is 22.9 Å². The highest BCUT2D eigenvalue weighted by Gasteiger charge is 2.47. The van der Waals surface area contributed by atoms with E-state index in [1.54, 1.807) is 5.54 Å². The van der Waals surface area contributed by atoms with Crippen molar-refractivity contribution in [2.24, 2.45) is 5.41 Å². The maximum absolute atomic E-state index is 6.38.